The Labute approximate surface area is 132 Å². The van der Waals surface area contributed by atoms with E-state index in [0.29, 0.717) is 16.6 Å². The van der Waals surface area contributed by atoms with E-state index in [9.17, 15) is 4.79 Å². The Hall–Kier alpha value is -1.60. The molecule has 0 fully saturated rings. The first-order valence-electron chi connectivity index (χ1n) is 6.70. The maximum atomic E-state index is 12.1. The quantitative estimate of drug-likeness (QED) is 0.790. The number of carbonyl (C=O) groups excluding carboxylic acids is 1. The van der Waals surface area contributed by atoms with Crippen LogP contribution in [0, 0.1) is 0 Å². The Kier molecular flexibility index (Phi) is 4.84. The topological polar surface area (TPSA) is 80.0 Å². The Bertz CT molecular complexity index is 599. The monoisotopic (exact) mass is 324 g/mol. The molecular weight excluding hydrogens is 304 g/mol. The summed E-state index contributed by atoms with van der Waals surface area (Å²) in [5.41, 5.74) is 5.71. The molecule has 0 aliphatic rings. The molecule has 0 aromatic carbocycles. The molecule has 0 spiro atoms. The number of thiazole rings is 1. The van der Waals surface area contributed by atoms with Crippen LogP contribution < -0.4 is 16.4 Å². The lowest BCUT2D eigenvalue weighted by Crippen LogP contribution is -2.26. The van der Waals surface area contributed by atoms with Gasteiger partial charge in [0, 0.05) is 17.0 Å². The molecule has 2 rings (SSSR count). The summed E-state index contributed by atoms with van der Waals surface area (Å²) >= 11 is 2.97. The largest absolute Gasteiger partial charge is 0.382 e. The van der Waals surface area contributed by atoms with Gasteiger partial charge in [-0.15, -0.1) is 11.3 Å². The molecule has 1 amide bonds. The van der Waals surface area contributed by atoms with Crippen LogP contribution in [0.5, 0.6) is 0 Å². The van der Waals surface area contributed by atoms with Crippen molar-refractivity contribution in [3.05, 3.63) is 27.3 Å². The number of nitrogens with two attached hydrogens (primary N) is 1. The first-order valence-corrected chi connectivity index (χ1v) is 8.40. The van der Waals surface area contributed by atoms with Crippen molar-refractivity contribution in [2.75, 3.05) is 17.6 Å². The molecule has 0 aliphatic carbocycles. The molecule has 0 bridgehead atoms. The van der Waals surface area contributed by atoms with Gasteiger partial charge in [0.2, 0.25) is 0 Å². The number of nitrogen functional groups attached to an aromatic ring is 1. The standard InChI is InChI=1S/C14H20N4OS2/c1-14(2,3)18-13-17-11(15)10(21-13)12(19)16-7-6-9-5-4-8-20-9/h4-5,8H,6-7,15H2,1-3H3,(H,16,19)(H,17,18). The fourth-order valence-corrected chi connectivity index (χ4v) is 3.42. The van der Waals surface area contributed by atoms with Crippen LogP contribution in [0.1, 0.15) is 35.3 Å². The Morgan fingerprint density at radius 2 is 2.19 bits per heavy atom. The Morgan fingerprint density at radius 3 is 2.81 bits per heavy atom. The Morgan fingerprint density at radius 1 is 1.43 bits per heavy atom. The van der Waals surface area contributed by atoms with Gasteiger partial charge in [-0.3, -0.25) is 4.79 Å². The average molecular weight is 324 g/mol. The SMILES string of the molecule is CC(C)(C)Nc1nc(N)c(C(=O)NCCc2cccs2)s1. The number of amides is 1. The zero-order valence-electron chi connectivity index (χ0n) is 12.4. The third kappa shape index (κ3) is 4.71. The number of nitrogens with one attached hydrogen (secondary N) is 2. The number of nitrogens with zero attached hydrogens (tertiary/aromatic N) is 1. The van der Waals surface area contributed by atoms with E-state index in [2.05, 4.69) is 21.7 Å². The molecule has 0 aliphatic heterocycles. The van der Waals surface area contributed by atoms with Gasteiger partial charge in [-0.25, -0.2) is 4.98 Å². The summed E-state index contributed by atoms with van der Waals surface area (Å²) in [5, 5.41) is 8.81. The van der Waals surface area contributed by atoms with Gasteiger partial charge in [-0.2, -0.15) is 0 Å². The summed E-state index contributed by atoms with van der Waals surface area (Å²) in [7, 11) is 0. The number of thiophene rings is 1. The van der Waals surface area contributed by atoms with E-state index < -0.39 is 0 Å². The summed E-state index contributed by atoms with van der Waals surface area (Å²) in [6.07, 6.45) is 0.829. The van der Waals surface area contributed by atoms with Crippen LogP contribution >= 0.6 is 22.7 Å². The van der Waals surface area contributed by atoms with Gasteiger partial charge in [-0.05, 0) is 38.6 Å². The van der Waals surface area contributed by atoms with Gasteiger partial charge < -0.3 is 16.4 Å². The molecule has 2 aromatic heterocycles. The highest BCUT2D eigenvalue weighted by molar-refractivity contribution is 7.18. The van der Waals surface area contributed by atoms with Crippen molar-refractivity contribution in [2.45, 2.75) is 32.7 Å². The average Bonchev–Trinajstić information content (AvgIpc) is 2.97. The van der Waals surface area contributed by atoms with E-state index in [-0.39, 0.29) is 17.3 Å². The zero-order chi connectivity index (χ0) is 15.5. The second-order valence-corrected chi connectivity index (χ2v) is 7.72. The highest BCUT2D eigenvalue weighted by Crippen LogP contribution is 2.27. The molecule has 0 unspecified atom stereocenters. The molecule has 7 heteroatoms. The van der Waals surface area contributed by atoms with E-state index in [0.717, 1.165) is 6.42 Å². The second-order valence-electron chi connectivity index (χ2n) is 5.69. The summed E-state index contributed by atoms with van der Waals surface area (Å²) in [6.45, 7) is 6.70. The number of hydrogen-bond acceptors (Lipinski definition) is 6. The van der Waals surface area contributed by atoms with Crippen LogP contribution in [0.25, 0.3) is 0 Å². The molecule has 114 valence electrons. The molecular formula is C14H20N4OS2. The van der Waals surface area contributed by atoms with Crippen LogP contribution in [-0.2, 0) is 6.42 Å². The normalized spacial score (nSPS) is 11.4. The highest BCUT2D eigenvalue weighted by Gasteiger charge is 2.18. The van der Waals surface area contributed by atoms with Gasteiger partial charge in [0.15, 0.2) is 5.13 Å². The van der Waals surface area contributed by atoms with Crippen molar-refractivity contribution in [2.24, 2.45) is 0 Å². The van der Waals surface area contributed by atoms with Crippen LogP contribution in [-0.4, -0.2) is 23.0 Å². The van der Waals surface area contributed by atoms with Crippen LogP contribution in [0.2, 0.25) is 0 Å². The molecule has 0 atom stereocenters. The van der Waals surface area contributed by atoms with E-state index in [1.807, 2.05) is 32.2 Å². The first-order chi connectivity index (χ1) is 9.85. The summed E-state index contributed by atoms with van der Waals surface area (Å²) in [5.74, 6) is 0.115. The number of hydrogen-bond donors (Lipinski definition) is 3. The lowest BCUT2D eigenvalue weighted by atomic mass is 10.1. The lowest BCUT2D eigenvalue weighted by Gasteiger charge is -2.19. The van der Waals surface area contributed by atoms with E-state index in [1.54, 1.807) is 11.3 Å². The number of carbonyl (C=O) groups is 1. The summed E-state index contributed by atoms with van der Waals surface area (Å²) < 4.78 is 0. The molecule has 0 saturated heterocycles. The summed E-state index contributed by atoms with van der Waals surface area (Å²) in [4.78, 5) is 18.0. The zero-order valence-corrected chi connectivity index (χ0v) is 14.0. The number of rotatable bonds is 5. The predicted octanol–water partition coefficient (Wildman–Crippen LogP) is 2.97. The van der Waals surface area contributed by atoms with Gasteiger partial charge in [0.1, 0.15) is 10.7 Å². The molecule has 0 radical (unpaired) electrons. The fraction of sp³-hybridized carbons (Fsp3) is 0.429. The van der Waals surface area contributed by atoms with Crippen molar-refractivity contribution < 1.29 is 4.79 Å². The van der Waals surface area contributed by atoms with Crippen molar-refractivity contribution >= 4 is 39.5 Å². The summed E-state index contributed by atoms with van der Waals surface area (Å²) in [6, 6.07) is 4.07. The minimum atomic E-state index is -0.163. The van der Waals surface area contributed by atoms with Gasteiger partial charge in [0.25, 0.3) is 5.91 Å². The predicted molar refractivity (Wildman–Crippen MR) is 90.3 cm³/mol. The second kappa shape index (κ2) is 6.44. The lowest BCUT2D eigenvalue weighted by molar-refractivity contribution is 0.0959. The number of anilines is 2. The van der Waals surface area contributed by atoms with E-state index in [4.69, 9.17) is 5.73 Å². The van der Waals surface area contributed by atoms with Crippen LogP contribution in [0.15, 0.2) is 17.5 Å². The minimum Gasteiger partial charge on any atom is -0.382 e. The van der Waals surface area contributed by atoms with Crippen LogP contribution in [0.4, 0.5) is 10.9 Å². The number of aromatic nitrogens is 1. The van der Waals surface area contributed by atoms with Crippen molar-refractivity contribution in [1.29, 1.82) is 0 Å². The molecule has 2 heterocycles. The molecule has 0 saturated carbocycles. The third-order valence-electron chi connectivity index (χ3n) is 2.58. The molecule has 2 aromatic rings. The third-order valence-corrected chi connectivity index (χ3v) is 4.50. The van der Waals surface area contributed by atoms with Gasteiger partial charge >= 0.3 is 0 Å². The van der Waals surface area contributed by atoms with Gasteiger partial charge in [-0.1, -0.05) is 17.4 Å². The molecule has 5 nitrogen and oxygen atoms in total. The highest BCUT2D eigenvalue weighted by atomic mass is 32.1. The van der Waals surface area contributed by atoms with Crippen molar-refractivity contribution in [1.82, 2.24) is 10.3 Å². The van der Waals surface area contributed by atoms with Crippen molar-refractivity contribution in [3.8, 4) is 0 Å². The maximum absolute atomic E-state index is 12.1. The maximum Gasteiger partial charge on any atom is 0.265 e. The molecule has 4 N–H and O–H groups in total. The van der Waals surface area contributed by atoms with Crippen molar-refractivity contribution in [3.63, 3.8) is 0 Å². The van der Waals surface area contributed by atoms with Gasteiger partial charge in [0.05, 0.1) is 0 Å². The smallest absolute Gasteiger partial charge is 0.265 e. The van der Waals surface area contributed by atoms with Crippen LogP contribution in [0.3, 0.4) is 0 Å². The Balaban J connectivity index is 1.92. The van der Waals surface area contributed by atoms with E-state index >= 15 is 0 Å². The minimum absolute atomic E-state index is 0.114. The molecule has 21 heavy (non-hydrogen) atoms. The first kappa shape index (κ1) is 15.8. The fourth-order valence-electron chi connectivity index (χ4n) is 1.70. The van der Waals surface area contributed by atoms with E-state index in [1.165, 1.54) is 16.2 Å².